The van der Waals surface area contributed by atoms with Gasteiger partial charge in [-0.3, -0.25) is 5.01 Å². The lowest BCUT2D eigenvalue weighted by Crippen LogP contribution is -2.24. The number of rotatable bonds is 0. The van der Waals surface area contributed by atoms with E-state index in [4.69, 9.17) is 0 Å². The molecule has 1 aliphatic carbocycles. The molecular formula is C5H9N3. The Morgan fingerprint density at radius 1 is 1.75 bits per heavy atom. The van der Waals surface area contributed by atoms with Crippen molar-refractivity contribution in [2.45, 2.75) is 24.9 Å². The van der Waals surface area contributed by atoms with Gasteiger partial charge in [-0.05, 0) is 6.92 Å². The predicted octanol–water partition coefficient (Wildman–Crippen LogP) is 0.830. The van der Waals surface area contributed by atoms with Crippen LogP contribution in [-0.2, 0) is 0 Å². The summed E-state index contributed by atoms with van der Waals surface area (Å²) >= 11 is 0. The Bertz CT molecular complexity index is 154. The minimum atomic E-state index is 0.319. The Hall–Kier alpha value is -0.600. The van der Waals surface area contributed by atoms with Gasteiger partial charge in [0.1, 0.15) is 0 Å². The largest absolute Gasteiger partial charge is 0.274 e. The van der Waals surface area contributed by atoms with Gasteiger partial charge in [0, 0.05) is 13.5 Å². The zero-order chi connectivity index (χ0) is 5.78. The van der Waals surface area contributed by atoms with Gasteiger partial charge >= 0.3 is 0 Å². The van der Waals surface area contributed by atoms with E-state index in [1.807, 2.05) is 12.1 Å². The van der Waals surface area contributed by atoms with Gasteiger partial charge in [-0.15, -0.1) is 0 Å². The highest BCUT2D eigenvalue weighted by atomic mass is 15.6. The van der Waals surface area contributed by atoms with Gasteiger partial charge in [0.2, 0.25) is 0 Å². The Morgan fingerprint density at radius 2 is 2.50 bits per heavy atom. The highest BCUT2D eigenvalue weighted by Gasteiger charge is 2.58. The van der Waals surface area contributed by atoms with Crippen LogP contribution in [0.25, 0.3) is 0 Å². The molecule has 0 aromatic carbocycles. The van der Waals surface area contributed by atoms with Crippen LogP contribution in [-0.4, -0.2) is 23.6 Å². The fourth-order valence-electron chi connectivity index (χ4n) is 1.09. The van der Waals surface area contributed by atoms with Gasteiger partial charge in [-0.25, -0.2) is 0 Å². The molecule has 0 aromatic heterocycles. The second-order valence-corrected chi connectivity index (χ2v) is 2.81. The van der Waals surface area contributed by atoms with Crippen LogP contribution in [0.15, 0.2) is 10.3 Å². The molecule has 3 nitrogen and oxygen atoms in total. The summed E-state index contributed by atoms with van der Waals surface area (Å²) in [6, 6.07) is 0.521. The van der Waals surface area contributed by atoms with Crippen LogP contribution in [0, 0.1) is 0 Å². The van der Waals surface area contributed by atoms with Gasteiger partial charge in [0.15, 0.2) is 0 Å². The number of hydrogen-bond donors (Lipinski definition) is 0. The predicted molar refractivity (Wildman–Crippen MR) is 29.4 cm³/mol. The number of nitrogens with zero attached hydrogens (tertiary/aromatic N) is 3. The molecule has 2 aliphatic rings. The molecule has 0 saturated heterocycles. The molecule has 0 N–H and O–H groups in total. The van der Waals surface area contributed by atoms with E-state index in [2.05, 4.69) is 17.3 Å². The summed E-state index contributed by atoms with van der Waals surface area (Å²) < 4.78 is 0. The van der Waals surface area contributed by atoms with E-state index < -0.39 is 0 Å². The molecule has 0 spiro atoms. The minimum absolute atomic E-state index is 0.319. The lowest BCUT2D eigenvalue weighted by molar-refractivity contribution is 0.263. The van der Waals surface area contributed by atoms with Gasteiger partial charge < -0.3 is 0 Å². The first-order valence-electron chi connectivity index (χ1n) is 2.88. The van der Waals surface area contributed by atoms with Crippen molar-refractivity contribution >= 4 is 0 Å². The van der Waals surface area contributed by atoms with Crippen molar-refractivity contribution in [1.82, 2.24) is 5.01 Å². The zero-order valence-corrected chi connectivity index (χ0v) is 5.13. The average Bonchev–Trinajstić information content (AvgIpc) is 2.31. The van der Waals surface area contributed by atoms with E-state index in [1.54, 1.807) is 0 Å². The molecule has 1 aliphatic heterocycles. The van der Waals surface area contributed by atoms with E-state index >= 15 is 0 Å². The maximum absolute atomic E-state index is 4.01. The molecule has 0 bridgehead atoms. The van der Waals surface area contributed by atoms with Crippen LogP contribution in [0.3, 0.4) is 0 Å². The average molecular weight is 111 g/mol. The van der Waals surface area contributed by atoms with Crippen LogP contribution in [0.5, 0.6) is 0 Å². The van der Waals surface area contributed by atoms with Crippen LogP contribution < -0.4 is 0 Å². The molecule has 2 atom stereocenters. The van der Waals surface area contributed by atoms with Crippen molar-refractivity contribution in [3.8, 4) is 0 Å². The smallest absolute Gasteiger partial charge is 0.0999 e. The highest BCUT2D eigenvalue weighted by Crippen LogP contribution is 2.47. The molecule has 3 heteroatoms. The molecule has 0 amide bonds. The van der Waals surface area contributed by atoms with Crippen LogP contribution in [0.2, 0.25) is 0 Å². The van der Waals surface area contributed by atoms with E-state index in [0.29, 0.717) is 11.6 Å². The molecule has 1 saturated carbocycles. The van der Waals surface area contributed by atoms with E-state index in [1.165, 1.54) is 6.42 Å². The summed E-state index contributed by atoms with van der Waals surface area (Å²) in [6.07, 6.45) is 1.20. The van der Waals surface area contributed by atoms with Crippen molar-refractivity contribution in [3.63, 3.8) is 0 Å². The van der Waals surface area contributed by atoms with Gasteiger partial charge in [-0.2, -0.15) is 5.11 Å². The SMILES string of the molecule is CN1N=NC2CC21C. The lowest BCUT2D eigenvalue weighted by atomic mass is 10.3. The Morgan fingerprint density at radius 3 is 2.62 bits per heavy atom. The minimum Gasteiger partial charge on any atom is -0.274 e. The first-order valence-corrected chi connectivity index (χ1v) is 2.88. The molecule has 0 aromatic rings. The second kappa shape index (κ2) is 0.900. The third-order valence-electron chi connectivity index (χ3n) is 2.23. The summed E-state index contributed by atoms with van der Waals surface area (Å²) in [5.41, 5.74) is 0.319. The third-order valence-corrected chi connectivity index (χ3v) is 2.23. The van der Waals surface area contributed by atoms with Crippen molar-refractivity contribution in [2.75, 3.05) is 7.05 Å². The normalized spacial score (nSPS) is 49.8. The van der Waals surface area contributed by atoms with Crippen molar-refractivity contribution < 1.29 is 0 Å². The fourth-order valence-corrected chi connectivity index (χ4v) is 1.09. The highest BCUT2D eigenvalue weighted by molar-refractivity contribution is 5.14. The van der Waals surface area contributed by atoms with Crippen LogP contribution in [0.4, 0.5) is 0 Å². The van der Waals surface area contributed by atoms with E-state index in [0.717, 1.165) is 0 Å². The molecule has 1 fully saturated rings. The first kappa shape index (κ1) is 4.30. The summed E-state index contributed by atoms with van der Waals surface area (Å²) in [4.78, 5) is 0. The Labute approximate surface area is 48.4 Å². The second-order valence-electron chi connectivity index (χ2n) is 2.81. The van der Waals surface area contributed by atoms with E-state index in [-0.39, 0.29) is 0 Å². The molecule has 8 heavy (non-hydrogen) atoms. The van der Waals surface area contributed by atoms with Gasteiger partial charge in [-0.1, -0.05) is 5.22 Å². The number of hydrogen-bond acceptors (Lipinski definition) is 3. The number of fused-ring (bicyclic) bond motifs is 1. The Balaban J connectivity index is 2.29. The summed E-state index contributed by atoms with van der Waals surface area (Å²) in [7, 11) is 1.98. The lowest BCUT2D eigenvalue weighted by Gasteiger charge is -2.13. The number of likely N-dealkylation sites (N-methyl/N-ethyl adjacent to an activating group) is 1. The summed E-state index contributed by atoms with van der Waals surface area (Å²) in [6.45, 7) is 2.19. The third kappa shape index (κ3) is 0.278. The Kier molecular flexibility index (Phi) is 0.483. The zero-order valence-electron chi connectivity index (χ0n) is 5.13. The fraction of sp³-hybridized carbons (Fsp3) is 1.00. The molecule has 2 rings (SSSR count). The molecular weight excluding hydrogens is 102 g/mol. The summed E-state index contributed by atoms with van der Waals surface area (Å²) in [5.74, 6) is 0. The maximum atomic E-state index is 4.01. The molecule has 1 heterocycles. The van der Waals surface area contributed by atoms with Crippen LogP contribution >= 0.6 is 0 Å². The van der Waals surface area contributed by atoms with Crippen molar-refractivity contribution in [3.05, 3.63) is 0 Å². The standard InChI is InChI=1S/C5H9N3/c1-5-3-4(5)6-7-8(5)2/h4H,3H2,1-2H3. The quantitative estimate of drug-likeness (QED) is 0.455. The first-order chi connectivity index (χ1) is 3.73. The van der Waals surface area contributed by atoms with Crippen LogP contribution in [0.1, 0.15) is 13.3 Å². The summed E-state index contributed by atoms with van der Waals surface area (Å²) in [5, 5.41) is 9.87. The maximum Gasteiger partial charge on any atom is 0.0999 e. The molecule has 44 valence electrons. The molecule has 2 unspecified atom stereocenters. The van der Waals surface area contributed by atoms with Gasteiger partial charge in [0.25, 0.3) is 0 Å². The van der Waals surface area contributed by atoms with Crippen molar-refractivity contribution in [2.24, 2.45) is 10.3 Å². The van der Waals surface area contributed by atoms with Gasteiger partial charge in [0.05, 0.1) is 11.6 Å². The monoisotopic (exact) mass is 111 g/mol. The van der Waals surface area contributed by atoms with Crippen molar-refractivity contribution in [1.29, 1.82) is 0 Å². The van der Waals surface area contributed by atoms with E-state index in [9.17, 15) is 0 Å². The topological polar surface area (TPSA) is 28.0 Å². The molecule has 0 radical (unpaired) electrons.